The average molecular weight is 201 g/mol. The van der Waals surface area contributed by atoms with E-state index in [1.807, 2.05) is 32.2 Å². The molecule has 0 amide bonds. The summed E-state index contributed by atoms with van der Waals surface area (Å²) in [6.45, 7) is 4.82. The monoisotopic (exact) mass is 201 g/mol. The predicted molar refractivity (Wildman–Crippen MR) is 61.8 cm³/mol. The third-order valence-electron chi connectivity index (χ3n) is 2.36. The van der Waals surface area contributed by atoms with Crippen LogP contribution in [0.1, 0.15) is 17.1 Å². The molecule has 0 aliphatic carbocycles. The van der Waals surface area contributed by atoms with Gasteiger partial charge in [0.05, 0.1) is 17.9 Å². The first-order valence-electron chi connectivity index (χ1n) is 5.06. The summed E-state index contributed by atoms with van der Waals surface area (Å²) in [6.07, 6.45) is 1.93. The van der Waals surface area contributed by atoms with Crippen molar-refractivity contribution in [3.05, 3.63) is 47.5 Å². The largest absolute Gasteiger partial charge is 0.378 e. The SMILES string of the molecule is Cc1ccc(NCc2ccc[nH]2)c(C)n1. The van der Waals surface area contributed by atoms with Gasteiger partial charge in [0.1, 0.15) is 0 Å². The van der Waals surface area contributed by atoms with Crippen molar-refractivity contribution in [3.8, 4) is 0 Å². The first-order chi connectivity index (χ1) is 7.25. The van der Waals surface area contributed by atoms with E-state index in [0.29, 0.717) is 0 Å². The van der Waals surface area contributed by atoms with Crippen LogP contribution < -0.4 is 5.32 Å². The summed E-state index contributed by atoms with van der Waals surface area (Å²) in [5.74, 6) is 0. The maximum absolute atomic E-state index is 4.40. The normalized spacial score (nSPS) is 10.3. The molecule has 0 aliphatic heterocycles. The summed E-state index contributed by atoms with van der Waals surface area (Å²) in [4.78, 5) is 7.56. The molecule has 0 saturated heterocycles. The minimum atomic E-state index is 0.804. The first-order valence-corrected chi connectivity index (χ1v) is 5.06. The highest BCUT2D eigenvalue weighted by atomic mass is 14.9. The van der Waals surface area contributed by atoms with E-state index >= 15 is 0 Å². The number of hydrogen-bond donors (Lipinski definition) is 2. The third-order valence-corrected chi connectivity index (χ3v) is 2.36. The Balaban J connectivity index is 2.05. The Morgan fingerprint density at radius 1 is 1.27 bits per heavy atom. The summed E-state index contributed by atoms with van der Waals surface area (Å²) in [5.41, 5.74) is 4.37. The van der Waals surface area contributed by atoms with Crippen molar-refractivity contribution in [1.29, 1.82) is 0 Å². The van der Waals surface area contributed by atoms with Crippen LogP contribution in [-0.2, 0) is 6.54 Å². The number of aromatic amines is 1. The zero-order valence-electron chi connectivity index (χ0n) is 9.04. The lowest BCUT2D eigenvalue weighted by Gasteiger charge is -2.08. The van der Waals surface area contributed by atoms with E-state index in [0.717, 1.165) is 23.6 Å². The highest BCUT2D eigenvalue weighted by Gasteiger charge is 1.99. The van der Waals surface area contributed by atoms with Gasteiger partial charge >= 0.3 is 0 Å². The molecule has 2 heterocycles. The van der Waals surface area contributed by atoms with Gasteiger partial charge in [0, 0.05) is 17.6 Å². The maximum Gasteiger partial charge on any atom is 0.0607 e. The second-order valence-electron chi connectivity index (χ2n) is 3.63. The molecular weight excluding hydrogens is 186 g/mol. The zero-order valence-corrected chi connectivity index (χ0v) is 9.04. The van der Waals surface area contributed by atoms with Crippen LogP contribution in [0, 0.1) is 13.8 Å². The second kappa shape index (κ2) is 4.17. The summed E-state index contributed by atoms with van der Waals surface area (Å²) < 4.78 is 0. The molecule has 15 heavy (non-hydrogen) atoms. The van der Waals surface area contributed by atoms with E-state index in [1.54, 1.807) is 0 Å². The van der Waals surface area contributed by atoms with E-state index in [2.05, 4.69) is 27.4 Å². The molecular formula is C12H15N3. The Morgan fingerprint density at radius 3 is 2.80 bits per heavy atom. The van der Waals surface area contributed by atoms with Crippen LogP contribution in [-0.4, -0.2) is 9.97 Å². The van der Waals surface area contributed by atoms with Crippen LogP contribution in [0.3, 0.4) is 0 Å². The molecule has 2 aromatic heterocycles. The van der Waals surface area contributed by atoms with Crippen LogP contribution in [0.5, 0.6) is 0 Å². The Labute approximate surface area is 89.6 Å². The van der Waals surface area contributed by atoms with Gasteiger partial charge in [-0.3, -0.25) is 4.98 Å². The molecule has 0 spiro atoms. The summed E-state index contributed by atoms with van der Waals surface area (Å²) in [5, 5.41) is 3.35. The van der Waals surface area contributed by atoms with E-state index < -0.39 is 0 Å². The lowest BCUT2D eigenvalue weighted by molar-refractivity contribution is 1.04. The number of rotatable bonds is 3. The van der Waals surface area contributed by atoms with Gasteiger partial charge in [-0.25, -0.2) is 0 Å². The average Bonchev–Trinajstić information content (AvgIpc) is 2.69. The van der Waals surface area contributed by atoms with Gasteiger partial charge in [0.25, 0.3) is 0 Å². The molecule has 0 atom stereocenters. The molecule has 0 aromatic carbocycles. The number of hydrogen-bond acceptors (Lipinski definition) is 2. The number of anilines is 1. The molecule has 0 radical (unpaired) electrons. The standard InChI is InChI=1S/C12H15N3/c1-9-5-6-12(10(2)15-9)14-8-11-4-3-7-13-11/h3-7,13-14H,8H2,1-2H3. The third kappa shape index (κ3) is 2.37. The van der Waals surface area contributed by atoms with Crippen molar-refractivity contribution in [3.63, 3.8) is 0 Å². The Morgan fingerprint density at radius 2 is 2.13 bits per heavy atom. The van der Waals surface area contributed by atoms with Crippen LogP contribution >= 0.6 is 0 Å². The Hall–Kier alpha value is -1.77. The number of nitrogens with zero attached hydrogens (tertiary/aromatic N) is 1. The molecule has 0 saturated carbocycles. The molecule has 3 heteroatoms. The number of nitrogens with one attached hydrogen (secondary N) is 2. The van der Waals surface area contributed by atoms with E-state index in [9.17, 15) is 0 Å². The summed E-state index contributed by atoms with van der Waals surface area (Å²) >= 11 is 0. The fourth-order valence-corrected chi connectivity index (χ4v) is 1.54. The van der Waals surface area contributed by atoms with Crippen molar-refractivity contribution in [2.24, 2.45) is 0 Å². The molecule has 0 unspecified atom stereocenters. The van der Waals surface area contributed by atoms with Crippen LogP contribution in [0.4, 0.5) is 5.69 Å². The number of pyridine rings is 1. The van der Waals surface area contributed by atoms with Gasteiger partial charge in [0.2, 0.25) is 0 Å². The van der Waals surface area contributed by atoms with Crippen molar-refractivity contribution < 1.29 is 0 Å². The lowest BCUT2D eigenvalue weighted by Crippen LogP contribution is -2.02. The highest BCUT2D eigenvalue weighted by Crippen LogP contribution is 2.13. The van der Waals surface area contributed by atoms with Crippen LogP contribution in [0.25, 0.3) is 0 Å². The van der Waals surface area contributed by atoms with E-state index in [4.69, 9.17) is 0 Å². The Kier molecular flexibility index (Phi) is 2.72. The summed E-state index contributed by atoms with van der Waals surface area (Å²) in [6, 6.07) is 8.14. The van der Waals surface area contributed by atoms with Gasteiger partial charge in [-0.1, -0.05) is 0 Å². The van der Waals surface area contributed by atoms with Gasteiger partial charge in [-0.15, -0.1) is 0 Å². The van der Waals surface area contributed by atoms with Crippen molar-refractivity contribution in [2.45, 2.75) is 20.4 Å². The number of H-pyrrole nitrogens is 1. The van der Waals surface area contributed by atoms with Gasteiger partial charge < -0.3 is 10.3 Å². The van der Waals surface area contributed by atoms with Gasteiger partial charge in [-0.2, -0.15) is 0 Å². The second-order valence-corrected chi connectivity index (χ2v) is 3.63. The predicted octanol–water partition coefficient (Wildman–Crippen LogP) is 2.64. The molecule has 0 fully saturated rings. The molecule has 0 bridgehead atoms. The quantitative estimate of drug-likeness (QED) is 0.801. The number of aryl methyl sites for hydroxylation is 2. The first kappa shape index (κ1) is 9.77. The highest BCUT2D eigenvalue weighted by molar-refractivity contribution is 5.47. The maximum atomic E-state index is 4.40. The smallest absolute Gasteiger partial charge is 0.0607 e. The topological polar surface area (TPSA) is 40.7 Å². The van der Waals surface area contributed by atoms with Crippen LogP contribution in [0.15, 0.2) is 30.5 Å². The summed E-state index contributed by atoms with van der Waals surface area (Å²) in [7, 11) is 0. The minimum Gasteiger partial charge on any atom is -0.378 e. The molecule has 2 rings (SSSR count). The van der Waals surface area contributed by atoms with Crippen molar-refractivity contribution in [1.82, 2.24) is 9.97 Å². The van der Waals surface area contributed by atoms with E-state index in [1.165, 1.54) is 5.69 Å². The minimum absolute atomic E-state index is 0.804. The Bertz CT molecular complexity index is 432. The van der Waals surface area contributed by atoms with Crippen molar-refractivity contribution in [2.75, 3.05) is 5.32 Å². The molecule has 2 aromatic rings. The fraction of sp³-hybridized carbons (Fsp3) is 0.250. The lowest BCUT2D eigenvalue weighted by atomic mass is 10.2. The fourth-order valence-electron chi connectivity index (χ4n) is 1.54. The van der Waals surface area contributed by atoms with Gasteiger partial charge in [-0.05, 0) is 38.1 Å². The number of aromatic nitrogens is 2. The van der Waals surface area contributed by atoms with Gasteiger partial charge in [0.15, 0.2) is 0 Å². The van der Waals surface area contributed by atoms with Crippen LogP contribution in [0.2, 0.25) is 0 Å². The molecule has 3 nitrogen and oxygen atoms in total. The zero-order chi connectivity index (χ0) is 10.7. The molecule has 2 N–H and O–H groups in total. The van der Waals surface area contributed by atoms with E-state index in [-0.39, 0.29) is 0 Å². The molecule has 78 valence electrons. The van der Waals surface area contributed by atoms with Crippen molar-refractivity contribution >= 4 is 5.69 Å². The molecule has 0 aliphatic rings.